The monoisotopic (exact) mass is 168 g/mol. The summed E-state index contributed by atoms with van der Waals surface area (Å²) in [6.45, 7) is 3.36. The molecule has 0 unspecified atom stereocenters. The van der Waals surface area contributed by atoms with Gasteiger partial charge in [-0.2, -0.15) is 0 Å². The third-order valence-corrected chi connectivity index (χ3v) is 1.67. The van der Waals surface area contributed by atoms with Gasteiger partial charge < -0.3 is 0 Å². The summed E-state index contributed by atoms with van der Waals surface area (Å²) in [5, 5.41) is 0.535. The SMILES string of the molecule is CC(=O)Sc1nccc(C)n1. The van der Waals surface area contributed by atoms with Crippen LogP contribution >= 0.6 is 11.8 Å². The Morgan fingerprint density at radius 1 is 1.64 bits per heavy atom. The summed E-state index contributed by atoms with van der Waals surface area (Å²) in [5.74, 6) is 0. The second kappa shape index (κ2) is 3.48. The fourth-order valence-electron chi connectivity index (χ4n) is 0.604. The molecule has 1 rings (SSSR count). The first-order chi connectivity index (χ1) is 5.18. The van der Waals surface area contributed by atoms with Gasteiger partial charge in [0.1, 0.15) is 0 Å². The second-order valence-electron chi connectivity index (χ2n) is 2.07. The van der Waals surface area contributed by atoms with Crippen LogP contribution in [-0.4, -0.2) is 15.1 Å². The minimum atomic E-state index is 0.00981. The highest BCUT2D eigenvalue weighted by molar-refractivity contribution is 8.13. The van der Waals surface area contributed by atoms with Crippen LogP contribution < -0.4 is 0 Å². The molecule has 0 saturated heterocycles. The van der Waals surface area contributed by atoms with Crippen molar-refractivity contribution in [1.82, 2.24) is 9.97 Å². The van der Waals surface area contributed by atoms with Crippen LogP contribution in [0.4, 0.5) is 0 Å². The van der Waals surface area contributed by atoms with E-state index in [2.05, 4.69) is 9.97 Å². The van der Waals surface area contributed by atoms with Gasteiger partial charge in [0.25, 0.3) is 0 Å². The van der Waals surface area contributed by atoms with Crippen LogP contribution in [0.3, 0.4) is 0 Å². The molecule has 4 heteroatoms. The van der Waals surface area contributed by atoms with Gasteiger partial charge in [-0.25, -0.2) is 9.97 Å². The molecule has 0 radical (unpaired) electrons. The first-order valence-electron chi connectivity index (χ1n) is 3.16. The van der Waals surface area contributed by atoms with E-state index in [4.69, 9.17) is 0 Å². The molecule has 0 N–H and O–H groups in total. The number of aromatic nitrogens is 2. The van der Waals surface area contributed by atoms with Crippen molar-refractivity contribution in [1.29, 1.82) is 0 Å². The largest absolute Gasteiger partial charge is 0.287 e. The van der Waals surface area contributed by atoms with E-state index in [0.717, 1.165) is 17.5 Å². The number of carbonyl (C=O) groups excluding carboxylic acids is 1. The Morgan fingerprint density at radius 3 is 2.91 bits per heavy atom. The lowest BCUT2D eigenvalue weighted by Gasteiger charge is -1.94. The van der Waals surface area contributed by atoms with Crippen molar-refractivity contribution in [2.75, 3.05) is 0 Å². The van der Waals surface area contributed by atoms with E-state index in [1.54, 1.807) is 12.3 Å². The van der Waals surface area contributed by atoms with Gasteiger partial charge in [-0.15, -0.1) is 0 Å². The lowest BCUT2D eigenvalue weighted by atomic mass is 10.5. The van der Waals surface area contributed by atoms with Gasteiger partial charge in [0, 0.05) is 18.8 Å². The van der Waals surface area contributed by atoms with E-state index >= 15 is 0 Å². The fourth-order valence-corrected chi connectivity index (χ4v) is 1.16. The van der Waals surface area contributed by atoms with Gasteiger partial charge >= 0.3 is 0 Å². The summed E-state index contributed by atoms with van der Waals surface area (Å²) in [5.41, 5.74) is 0.878. The Morgan fingerprint density at radius 2 is 2.36 bits per heavy atom. The molecule has 1 aromatic rings. The van der Waals surface area contributed by atoms with Crippen LogP contribution in [-0.2, 0) is 4.79 Å². The molecule has 0 amide bonds. The second-order valence-corrected chi connectivity index (χ2v) is 3.22. The lowest BCUT2D eigenvalue weighted by Crippen LogP contribution is -1.90. The molecule has 58 valence electrons. The van der Waals surface area contributed by atoms with Crippen molar-refractivity contribution in [2.45, 2.75) is 19.0 Å². The van der Waals surface area contributed by atoms with Crippen molar-refractivity contribution in [2.24, 2.45) is 0 Å². The van der Waals surface area contributed by atoms with Gasteiger partial charge in [0.05, 0.1) is 0 Å². The Balaban J connectivity index is 2.79. The van der Waals surface area contributed by atoms with Crippen LogP contribution in [0, 0.1) is 6.92 Å². The van der Waals surface area contributed by atoms with E-state index in [-0.39, 0.29) is 5.12 Å². The molecule has 0 bridgehead atoms. The average Bonchev–Trinajstić information content (AvgIpc) is 1.85. The molecule has 0 aliphatic heterocycles. The summed E-state index contributed by atoms with van der Waals surface area (Å²) in [6, 6.07) is 1.80. The summed E-state index contributed by atoms with van der Waals surface area (Å²) in [6.07, 6.45) is 1.65. The summed E-state index contributed by atoms with van der Waals surface area (Å²) in [7, 11) is 0. The number of carbonyl (C=O) groups is 1. The molecule has 1 heterocycles. The van der Waals surface area contributed by atoms with Crippen molar-refractivity contribution in [3.05, 3.63) is 18.0 Å². The van der Waals surface area contributed by atoms with Crippen molar-refractivity contribution < 1.29 is 4.79 Å². The Labute approximate surface area is 69.3 Å². The number of thioether (sulfide) groups is 1. The highest BCUT2D eigenvalue weighted by Gasteiger charge is 2.00. The van der Waals surface area contributed by atoms with E-state index in [1.807, 2.05) is 6.92 Å². The fraction of sp³-hybridized carbons (Fsp3) is 0.286. The third kappa shape index (κ3) is 2.67. The molecular weight excluding hydrogens is 160 g/mol. The zero-order valence-electron chi connectivity index (χ0n) is 6.37. The molecule has 0 fully saturated rings. The summed E-state index contributed by atoms with van der Waals surface area (Å²) < 4.78 is 0. The molecule has 0 spiro atoms. The maximum Gasteiger partial charge on any atom is 0.195 e. The van der Waals surface area contributed by atoms with Crippen LogP contribution in [0.15, 0.2) is 17.4 Å². The predicted octanol–water partition coefficient (Wildman–Crippen LogP) is 1.42. The number of nitrogens with zero attached hydrogens (tertiary/aromatic N) is 2. The topological polar surface area (TPSA) is 42.9 Å². The van der Waals surface area contributed by atoms with Crippen LogP contribution in [0.1, 0.15) is 12.6 Å². The quantitative estimate of drug-likeness (QED) is 0.470. The maximum absolute atomic E-state index is 10.6. The molecule has 0 atom stereocenters. The normalized spacial score (nSPS) is 9.64. The van der Waals surface area contributed by atoms with Crippen molar-refractivity contribution in [3.8, 4) is 0 Å². The Hall–Kier alpha value is -0.900. The highest BCUT2D eigenvalue weighted by atomic mass is 32.2. The molecule has 0 saturated carbocycles. The van der Waals surface area contributed by atoms with E-state index < -0.39 is 0 Å². The zero-order chi connectivity index (χ0) is 8.27. The minimum Gasteiger partial charge on any atom is -0.287 e. The van der Waals surface area contributed by atoms with Crippen LogP contribution in [0.2, 0.25) is 0 Å². The van der Waals surface area contributed by atoms with Crippen LogP contribution in [0.25, 0.3) is 0 Å². The first-order valence-corrected chi connectivity index (χ1v) is 3.98. The van der Waals surface area contributed by atoms with Crippen molar-refractivity contribution in [3.63, 3.8) is 0 Å². The van der Waals surface area contributed by atoms with Gasteiger partial charge in [-0.3, -0.25) is 4.79 Å². The molecule has 0 aromatic carbocycles. The molecule has 0 aliphatic carbocycles. The first kappa shape index (κ1) is 8.20. The maximum atomic E-state index is 10.6. The molecule has 0 aliphatic rings. The standard InChI is InChI=1S/C7H8N2OS/c1-5-3-4-8-7(9-5)11-6(2)10/h3-4H,1-2H3. The van der Waals surface area contributed by atoms with E-state index in [0.29, 0.717) is 5.16 Å². The lowest BCUT2D eigenvalue weighted by molar-refractivity contribution is -0.109. The zero-order valence-corrected chi connectivity index (χ0v) is 7.18. The van der Waals surface area contributed by atoms with Crippen LogP contribution in [0.5, 0.6) is 0 Å². The minimum absolute atomic E-state index is 0.00981. The number of hydrogen-bond acceptors (Lipinski definition) is 4. The summed E-state index contributed by atoms with van der Waals surface area (Å²) >= 11 is 1.05. The van der Waals surface area contributed by atoms with Gasteiger partial charge in [0.15, 0.2) is 10.3 Å². The Bertz CT molecular complexity index is 275. The number of aryl methyl sites for hydroxylation is 1. The third-order valence-electron chi connectivity index (χ3n) is 1.01. The molecule has 1 aromatic heterocycles. The average molecular weight is 168 g/mol. The number of hydrogen-bond donors (Lipinski definition) is 0. The smallest absolute Gasteiger partial charge is 0.195 e. The Kier molecular flexibility index (Phi) is 2.59. The molecule has 3 nitrogen and oxygen atoms in total. The van der Waals surface area contributed by atoms with E-state index in [9.17, 15) is 4.79 Å². The molecular formula is C7H8N2OS. The van der Waals surface area contributed by atoms with Crippen molar-refractivity contribution >= 4 is 16.9 Å². The highest BCUT2D eigenvalue weighted by Crippen LogP contribution is 2.12. The molecule has 11 heavy (non-hydrogen) atoms. The van der Waals surface area contributed by atoms with Gasteiger partial charge in [0.2, 0.25) is 0 Å². The number of rotatable bonds is 1. The van der Waals surface area contributed by atoms with E-state index in [1.165, 1.54) is 6.92 Å². The summed E-state index contributed by atoms with van der Waals surface area (Å²) in [4.78, 5) is 18.6. The van der Waals surface area contributed by atoms with Gasteiger partial charge in [-0.1, -0.05) is 0 Å². The van der Waals surface area contributed by atoms with Gasteiger partial charge in [-0.05, 0) is 24.8 Å². The predicted molar refractivity (Wildman–Crippen MR) is 43.3 cm³/mol.